The van der Waals surface area contributed by atoms with Crippen LogP contribution in [0.2, 0.25) is 0 Å². The highest BCUT2D eigenvalue weighted by atomic mass is 16.5. The lowest BCUT2D eigenvalue weighted by Gasteiger charge is -2.36. The summed E-state index contributed by atoms with van der Waals surface area (Å²) in [6, 6.07) is 7.98. The van der Waals surface area contributed by atoms with Gasteiger partial charge in [-0.3, -0.25) is 0 Å². The van der Waals surface area contributed by atoms with Crippen molar-refractivity contribution < 1.29 is 9.53 Å². The minimum absolute atomic E-state index is 0.0183. The summed E-state index contributed by atoms with van der Waals surface area (Å²) in [6.45, 7) is 7.20. The van der Waals surface area contributed by atoms with Gasteiger partial charge in [-0.1, -0.05) is 12.1 Å². The van der Waals surface area contributed by atoms with Crippen LogP contribution < -0.4 is 15.0 Å². The number of ether oxygens (including phenoxy) is 1. The number of carbonyl (C=O) groups excluding carboxylic acids is 1. The minimum atomic E-state index is -0.0183. The molecule has 5 heteroatoms. The van der Waals surface area contributed by atoms with Crippen LogP contribution in [0.5, 0.6) is 5.75 Å². The highest BCUT2D eigenvalue weighted by Crippen LogP contribution is 2.21. The maximum atomic E-state index is 11.8. The zero-order valence-electron chi connectivity index (χ0n) is 11.8. The molecule has 1 aromatic carbocycles. The number of nitrogens with zero attached hydrogens (tertiary/aromatic N) is 2. The van der Waals surface area contributed by atoms with Crippen LogP contribution in [0.25, 0.3) is 0 Å². The molecule has 2 rings (SSSR count). The van der Waals surface area contributed by atoms with Crippen molar-refractivity contribution >= 4 is 11.7 Å². The van der Waals surface area contributed by atoms with Gasteiger partial charge in [0.2, 0.25) is 0 Å². The molecule has 1 fully saturated rings. The molecule has 0 spiro atoms. The monoisotopic (exact) mass is 275 g/mol. The maximum absolute atomic E-state index is 11.8. The normalized spacial score (nSPS) is 14.8. The lowest BCUT2D eigenvalue weighted by Crippen LogP contribution is -2.51. The van der Waals surface area contributed by atoms with E-state index in [1.54, 1.807) is 13.2 Å². The van der Waals surface area contributed by atoms with Gasteiger partial charge in [0.15, 0.2) is 0 Å². The van der Waals surface area contributed by atoms with Crippen LogP contribution in [0.4, 0.5) is 10.5 Å². The molecule has 1 N–H and O–H groups in total. The molecule has 1 aromatic rings. The van der Waals surface area contributed by atoms with E-state index in [0.717, 1.165) is 37.6 Å². The van der Waals surface area contributed by atoms with Crippen LogP contribution in [-0.4, -0.2) is 50.8 Å². The fourth-order valence-corrected chi connectivity index (χ4v) is 2.25. The van der Waals surface area contributed by atoms with Gasteiger partial charge < -0.3 is 19.9 Å². The van der Waals surface area contributed by atoms with E-state index in [2.05, 4.69) is 22.9 Å². The van der Waals surface area contributed by atoms with Crippen molar-refractivity contribution in [3.63, 3.8) is 0 Å². The van der Waals surface area contributed by atoms with Gasteiger partial charge in [0.1, 0.15) is 5.75 Å². The summed E-state index contributed by atoms with van der Waals surface area (Å²) < 4.78 is 5.24. The van der Waals surface area contributed by atoms with Crippen molar-refractivity contribution in [1.82, 2.24) is 10.2 Å². The predicted octanol–water partition coefficient (Wildman–Crippen LogP) is 1.71. The van der Waals surface area contributed by atoms with E-state index in [9.17, 15) is 4.79 Å². The molecule has 1 heterocycles. The first-order valence-electron chi connectivity index (χ1n) is 6.77. The second kappa shape index (κ2) is 6.84. The summed E-state index contributed by atoms with van der Waals surface area (Å²) in [6.07, 6.45) is 1.68. The molecular formula is C15H21N3O2. The molecule has 2 amide bonds. The van der Waals surface area contributed by atoms with Gasteiger partial charge >= 0.3 is 6.03 Å². The zero-order chi connectivity index (χ0) is 14.4. The number of hydrogen-bond donors (Lipinski definition) is 1. The highest BCUT2D eigenvalue weighted by molar-refractivity contribution is 5.74. The van der Waals surface area contributed by atoms with Crippen molar-refractivity contribution in [2.75, 3.05) is 44.7 Å². The molecule has 1 aliphatic heterocycles. The second-order valence-corrected chi connectivity index (χ2v) is 4.65. The van der Waals surface area contributed by atoms with Crippen LogP contribution in [0.3, 0.4) is 0 Å². The van der Waals surface area contributed by atoms with Crippen molar-refractivity contribution in [2.45, 2.75) is 0 Å². The fraction of sp³-hybridized carbons (Fsp3) is 0.400. The van der Waals surface area contributed by atoms with E-state index in [-0.39, 0.29) is 6.03 Å². The third-order valence-corrected chi connectivity index (χ3v) is 3.38. The number of carbonyl (C=O) groups is 1. The van der Waals surface area contributed by atoms with E-state index in [0.29, 0.717) is 6.54 Å². The van der Waals surface area contributed by atoms with Crippen LogP contribution in [0, 0.1) is 0 Å². The van der Waals surface area contributed by atoms with Gasteiger partial charge in [0.05, 0.1) is 7.11 Å². The fourth-order valence-electron chi connectivity index (χ4n) is 2.25. The molecule has 20 heavy (non-hydrogen) atoms. The Balaban J connectivity index is 1.90. The molecule has 0 saturated carbocycles. The number of methoxy groups -OCH3 is 1. The number of urea groups is 1. The molecule has 0 radical (unpaired) electrons. The Hall–Kier alpha value is -2.17. The number of piperazine rings is 1. The molecule has 0 atom stereocenters. The maximum Gasteiger partial charge on any atom is 0.317 e. The average molecular weight is 275 g/mol. The summed E-state index contributed by atoms with van der Waals surface area (Å²) in [4.78, 5) is 15.9. The Morgan fingerprint density at radius 1 is 1.40 bits per heavy atom. The Morgan fingerprint density at radius 2 is 2.15 bits per heavy atom. The summed E-state index contributed by atoms with van der Waals surface area (Å²) in [7, 11) is 1.67. The van der Waals surface area contributed by atoms with Gasteiger partial charge in [-0.15, -0.1) is 6.58 Å². The lowest BCUT2D eigenvalue weighted by molar-refractivity contribution is 0.195. The van der Waals surface area contributed by atoms with Crippen molar-refractivity contribution in [3.05, 3.63) is 36.9 Å². The van der Waals surface area contributed by atoms with Gasteiger partial charge in [-0.2, -0.15) is 0 Å². The molecule has 0 unspecified atom stereocenters. The Kier molecular flexibility index (Phi) is 4.87. The van der Waals surface area contributed by atoms with E-state index in [1.807, 2.05) is 23.1 Å². The molecule has 5 nitrogen and oxygen atoms in total. The summed E-state index contributed by atoms with van der Waals surface area (Å²) in [5, 5.41) is 2.81. The average Bonchev–Trinajstić information content (AvgIpc) is 2.52. The number of hydrogen-bond acceptors (Lipinski definition) is 3. The largest absolute Gasteiger partial charge is 0.497 e. The number of benzene rings is 1. The Morgan fingerprint density at radius 3 is 2.80 bits per heavy atom. The number of nitrogens with one attached hydrogen (secondary N) is 1. The molecule has 0 aliphatic carbocycles. The van der Waals surface area contributed by atoms with Gasteiger partial charge in [-0.25, -0.2) is 4.79 Å². The topological polar surface area (TPSA) is 44.8 Å². The Bertz CT molecular complexity index is 468. The summed E-state index contributed by atoms with van der Waals surface area (Å²) in [5.74, 6) is 0.855. The van der Waals surface area contributed by atoms with E-state index in [4.69, 9.17) is 4.74 Å². The quantitative estimate of drug-likeness (QED) is 0.851. The van der Waals surface area contributed by atoms with Crippen LogP contribution >= 0.6 is 0 Å². The third kappa shape index (κ3) is 3.44. The standard InChI is InChI=1S/C15H21N3O2/c1-3-7-16-15(19)18-10-8-17(9-11-18)13-5-4-6-14(12-13)20-2/h3-6,12H,1,7-11H2,2H3,(H,16,19). The smallest absolute Gasteiger partial charge is 0.317 e. The van der Waals surface area contributed by atoms with Crippen molar-refractivity contribution in [1.29, 1.82) is 0 Å². The lowest BCUT2D eigenvalue weighted by atomic mass is 10.2. The predicted molar refractivity (Wildman–Crippen MR) is 80.4 cm³/mol. The first kappa shape index (κ1) is 14.2. The number of rotatable bonds is 4. The van der Waals surface area contributed by atoms with Crippen LogP contribution in [-0.2, 0) is 0 Å². The first-order chi connectivity index (χ1) is 9.74. The summed E-state index contributed by atoms with van der Waals surface area (Å²) in [5.41, 5.74) is 1.13. The number of anilines is 1. The molecule has 0 bridgehead atoms. The Labute approximate surface area is 119 Å². The van der Waals surface area contributed by atoms with Gasteiger partial charge in [0, 0.05) is 44.5 Å². The SMILES string of the molecule is C=CCNC(=O)N1CCN(c2cccc(OC)c2)CC1. The zero-order valence-corrected chi connectivity index (χ0v) is 11.8. The molecule has 108 valence electrons. The van der Waals surface area contributed by atoms with Crippen LogP contribution in [0.1, 0.15) is 0 Å². The van der Waals surface area contributed by atoms with Crippen LogP contribution in [0.15, 0.2) is 36.9 Å². The second-order valence-electron chi connectivity index (χ2n) is 4.65. The van der Waals surface area contributed by atoms with E-state index < -0.39 is 0 Å². The summed E-state index contributed by atoms with van der Waals surface area (Å²) >= 11 is 0. The highest BCUT2D eigenvalue weighted by Gasteiger charge is 2.20. The third-order valence-electron chi connectivity index (χ3n) is 3.38. The molecular weight excluding hydrogens is 254 g/mol. The van der Waals surface area contributed by atoms with E-state index >= 15 is 0 Å². The minimum Gasteiger partial charge on any atom is -0.497 e. The van der Waals surface area contributed by atoms with E-state index in [1.165, 1.54) is 0 Å². The molecule has 0 aromatic heterocycles. The number of amides is 2. The van der Waals surface area contributed by atoms with Gasteiger partial charge in [0.25, 0.3) is 0 Å². The van der Waals surface area contributed by atoms with Gasteiger partial charge in [-0.05, 0) is 12.1 Å². The molecule has 1 saturated heterocycles. The first-order valence-corrected chi connectivity index (χ1v) is 6.77. The van der Waals surface area contributed by atoms with Crippen molar-refractivity contribution in [2.24, 2.45) is 0 Å². The molecule has 1 aliphatic rings. The van der Waals surface area contributed by atoms with Crippen molar-refractivity contribution in [3.8, 4) is 5.75 Å².